The largest absolute Gasteiger partial charge is 0.357 e. The highest BCUT2D eigenvalue weighted by Crippen LogP contribution is 2.42. The Morgan fingerprint density at radius 2 is 1.97 bits per heavy atom. The maximum Gasteiger partial charge on any atom is 0.221 e. The van der Waals surface area contributed by atoms with Crippen molar-refractivity contribution >= 4 is 10.9 Å². The molecule has 1 aromatic carbocycles. The maximum atomic E-state index is 15.2. The number of H-pyrrole nitrogens is 1. The molecule has 0 unspecified atom stereocenters. The molecule has 0 aliphatic carbocycles. The van der Waals surface area contributed by atoms with Crippen LogP contribution in [0.2, 0.25) is 0 Å². The van der Waals surface area contributed by atoms with Crippen LogP contribution in [0, 0.1) is 11.8 Å². The Balaban J connectivity index is 1.96. The Hall–Kier alpha value is -2.34. The van der Waals surface area contributed by atoms with Crippen molar-refractivity contribution in [2.75, 3.05) is 6.54 Å². The van der Waals surface area contributed by atoms with Gasteiger partial charge in [0, 0.05) is 34.9 Å². The lowest BCUT2D eigenvalue weighted by atomic mass is 9.87. The summed E-state index contributed by atoms with van der Waals surface area (Å²) in [6.45, 7) is 6.82. The van der Waals surface area contributed by atoms with Crippen LogP contribution in [0.25, 0.3) is 10.9 Å². The smallest absolute Gasteiger partial charge is 0.221 e. The Labute approximate surface area is 168 Å². The first-order valence-electron chi connectivity index (χ1n) is 10.1. The standard InChI is InChI=1S/C23H26F3N3/c1-5-14-11-17(24)19(22(25)27-14)21-20-16(15-8-6-7-9-18(15)28-20)10-13(2)29(21)12-23(3,4)26/h6-9,11,13,21,28H,5,10,12H2,1-4H3/t13-,21-/m1/s1. The zero-order valence-corrected chi connectivity index (χ0v) is 17.2. The number of fused-ring (bicyclic) bond motifs is 3. The number of hydrogen-bond acceptors (Lipinski definition) is 2. The predicted octanol–water partition coefficient (Wildman–Crippen LogP) is 5.49. The molecule has 0 radical (unpaired) electrons. The molecular formula is C23H26F3N3. The number of alkyl halides is 1. The molecule has 3 heterocycles. The van der Waals surface area contributed by atoms with Crippen molar-refractivity contribution in [2.24, 2.45) is 0 Å². The van der Waals surface area contributed by atoms with Crippen LogP contribution in [-0.2, 0) is 12.8 Å². The second kappa shape index (κ2) is 7.17. The van der Waals surface area contributed by atoms with E-state index in [9.17, 15) is 4.39 Å². The van der Waals surface area contributed by atoms with Gasteiger partial charge in [0.05, 0.1) is 11.6 Å². The Kier molecular flexibility index (Phi) is 4.93. The predicted molar refractivity (Wildman–Crippen MR) is 109 cm³/mol. The van der Waals surface area contributed by atoms with E-state index >= 15 is 8.78 Å². The van der Waals surface area contributed by atoms with Crippen LogP contribution in [0.4, 0.5) is 13.2 Å². The summed E-state index contributed by atoms with van der Waals surface area (Å²) in [5.74, 6) is -1.47. The van der Waals surface area contributed by atoms with E-state index in [4.69, 9.17) is 0 Å². The summed E-state index contributed by atoms with van der Waals surface area (Å²) in [6.07, 6.45) is 1.11. The summed E-state index contributed by atoms with van der Waals surface area (Å²) < 4.78 is 44.9. The zero-order valence-electron chi connectivity index (χ0n) is 17.2. The summed E-state index contributed by atoms with van der Waals surface area (Å²) in [5, 5.41) is 1.04. The van der Waals surface area contributed by atoms with E-state index in [1.54, 1.807) is 6.92 Å². The van der Waals surface area contributed by atoms with Gasteiger partial charge >= 0.3 is 0 Å². The van der Waals surface area contributed by atoms with Gasteiger partial charge in [0.15, 0.2) is 0 Å². The molecule has 0 bridgehead atoms. The molecule has 0 amide bonds. The Morgan fingerprint density at radius 3 is 2.62 bits per heavy atom. The monoisotopic (exact) mass is 401 g/mol. The third-order valence-electron chi connectivity index (χ3n) is 5.73. The molecule has 2 aromatic heterocycles. The van der Waals surface area contributed by atoms with Gasteiger partial charge in [0.1, 0.15) is 11.5 Å². The summed E-state index contributed by atoms with van der Waals surface area (Å²) in [6, 6.07) is 8.26. The average molecular weight is 401 g/mol. The number of nitrogens with zero attached hydrogens (tertiary/aromatic N) is 2. The molecule has 3 aromatic rings. The molecule has 0 fully saturated rings. The normalized spacial score (nSPS) is 20.2. The first-order valence-corrected chi connectivity index (χ1v) is 10.1. The van der Waals surface area contributed by atoms with Crippen molar-refractivity contribution < 1.29 is 13.2 Å². The lowest BCUT2D eigenvalue weighted by Crippen LogP contribution is -2.48. The third kappa shape index (κ3) is 3.54. The summed E-state index contributed by atoms with van der Waals surface area (Å²) >= 11 is 0. The molecule has 3 nitrogen and oxygen atoms in total. The minimum absolute atomic E-state index is 0.0576. The van der Waals surface area contributed by atoms with Crippen LogP contribution < -0.4 is 0 Å². The van der Waals surface area contributed by atoms with Gasteiger partial charge in [-0.1, -0.05) is 25.1 Å². The first-order chi connectivity index (χ1) is 13.7. The number of para-hydroxylation sites is 1. The van der Waals surface area contributed by atoms with Gasteiger partial charge in [-0.2, -0.15) is 4.39 Å². The molecule has 6 heteroatoms. The third-order valence-corrected chi connectivity index (χ3v) is 5.73. The van der Waals surface area contributed by atoms with Crippen LogP contribution in [0.15, 0.2) is 30.3 Å². The van der Waals surface area contributed by atoms with E-state index < -0.39 is 23.5 Å². The van der Waals surface area contributed by atoms with Gasteiger partial charge in [0.25, 0.3) is 0 Å². The highest BCUT2D eigenvalue weighted by Gasteiger charge is 2.41. The van der Waals surface area contributed by atoms with Gasteiger partial charge in [-0.25, -0.2) is 13.8 Å². The highest BCUT2D eigenvalue weighted by molar-refractivity contribution is 5.85. The first kappa shape index (κ1) is 20.0. The van der Waals surface area contributed by atoms with Crippen LogP contribution in [0.3, 0.4) is 0 Å². The van der Waals surface area contributed by atoms with E-state index in [1.807, 2.05) is 36.1 Å². The van der Waals surface area contributed by atoms with Crippen LogP contribution in [0.1, 0.15) is 56.3 Å². The minimum atomic E-state index is -1.51. The second-order valence-electron chi connectivity index (χ2n) is 8.56. The number of rotatable bonds is 4. The number of pyridine rings is 1. The summed E-state index contributed by atoms with van der Waals surface area (Å²) in [5.41, 5.74) is 1.39. The van der Waals surface area contributed by atoms with E-state index in [0.29, 0.717) is 18.5 Å². The average Bonchev–Trinajstić information content (AvgIpc) is 3.00. The Bertz CT molecular complexity index is 1030. The molecule has 1 aliphatic heterocycles. The maximum absolute atomic E-state index is 15.2. The number of nitrogens with one attached hydrogen (secondary N) is 1. The second-order valence-corrected chi connectivity index (χ2v) is 8.56. The van der Waals surface area contributed by atoms with Crippen molar-refractivity contribution in [3.63, 3.8) is 0 Å². The number of aromatic amines is 1. The molecule has 0 saturated heterocycles. The van der Waals surface area contributed by atoms with Gasteiger partial charge in [-0.3, -0.25) is 4.90 Å². The molecule has 4 rings (SSSR count). The topological polar surface area (TPSA) is 31.9 Å². The van der Waals surface area contributed by atoms with Crippen molar-refractivity contribution in [1.29, 1.82) is 0 Å². The SMILES string of the molecule is CCc1cc(F)c([C@@H]2c3[nH]c4ccccc4c3C[C@@H](C)N2CC(C)(C)F)c(F)n1. The van der Waals surface area contributed by atoms with Crippen molar-refractivity contribution in [2.45, 2.75) is 58.3 Å². The highest BCUT2D eigenvalue weighted by atomic mass is 19.1. The van der Waals surface area contributed by atoms with Gasteiger partial charge in [-0.15, -0.1) is 0 Å². The lowest BCUT2D eigenvalue weighted by Gasteiger charge is -2.42. The van der Waals surface area contributed by atoms with E-state index in [2.05, 4.69) is 9.97 Å². The number of hydrogen-bond donors (Lipinski definition) is 1. The van der Waals surface area contributed by atoms with Crippen LogP contribution in [0.5, 0.6) is 0 Å². The molecule has 1 N–H and O–H groups in total. The molecule has 0 spiro atoms. The lowest BCUT2D eigenvalue weighted by molar-refractivity contribution is 0.0639. The number of aromatic nitrogens is 2. The Morgan fingerprint density at radius 1 is 1.24 bits per heavy atom. The van der Waals surface area contributed by atoms with Gasteiger partial charge in [0.2, 0.25) is 5.95 Å². The summed E-state index contributed by atoms with van der Waals surface area (Å²) in [7, 11) is 0. The number of halogens is 3. The van der Waals surface area contributed by atoms with E-state index in [-0.39, 0.29) is 18.2 Å². The van der Waals surface area contributed by atoms with E-state index in [1.165, 1.54) is 19.9 Å². The fraction of sp³-hybridized carbons (Fsp3) is 0.435. The quantitative estimate of drug-likeness (QED) is 0.587. The molecule has 29 heavy (non-hydrogen) atoms. The number of aryl methyl sites for hydroxylation is 1. The van der Waals surface area contributed by atoms with Crippen LogP contribution >= 0.6 is 0 Å². The van der Waals surface area contributed by atoms with Crippen LogP contribution in [-0.4, -0.2) is 33.1 Å². The summed E-state index contributed by atoms with van der Waals surface area (Å²) in [4.78, 5) is 9.18. The van der Waals surface area contributed by atoms with Gasteiger partial charge in [-0.05, 0) is 51.3 Å². The van der Waals surface area contributed by atoms with Crippen molar-refractivity contribution in [3.8, 4) is 0 Å². The molecule has 1 aliphatic rings. The fourth-order valence-corrected chi connectivity index (χ4v) is 4.46. The van der Waals surface area contributed by atoms with Gasteiger partial charge < -0.3 is 4.98 Å². The molecule has 154 valence electrons. The molecule has 2 atom stereocenters. The zero-order chi connectivity index (χ0) is 20.9. The van der Waals surface area contributed by atoms with Crippen molar-refractivity contribution in [1.82, 2.24) is 14.9 Å². The van der Waals surface area contributed by atoms with Crippen molar-refractivity contribution in [3.05, 3.63) is 64.6 Å². The molecular weight excluding hydrogens is 375 g/mol. The fourth-order valence-electron chi connectivity index (χ4n) is 4.46. The number of benzene rings is 1. The van der Waals surface area contributed by atoms with E-state index in [0.717, 1.165) is 22.2 Å². The molecule has 0 saturated carbocycles. The minimum Gasteiger partial charge on any atom is -0.357 e.